The molecule has 0 aromatic heterocycles. The first-order valence-corrected chi connectivity index (χ1v) is 3.91. The zero-order chi connectivity index (χ0) is 9.30. The fourth-order valence-electron chi connectivity index (χ4n) is 1.30. The van der Waals surface area contributed by atoms with Crippen molar-refractivity contribution in [3.05, 3.63) is 5.73 Å². The summed E-state index contributed by atoms with van der Waals surface area (Å²) in [6, 6.07) is -0.845. The van der Waals surface area contributed by atoms with Crippen molar-refractivity contribution in [3.8, 4) is 0 Å². The molecule has 75 valence electrons. The van der Waals surface area contributed by atoms with Crippen molar-refractivity contribution in [2.45, 2.75) is 37.4 Å². The number of ether oxygens (including phenoxy) is 1. The Bertz CT molecular complexity index is 155. The third-order valence-electron chi connectivity index (χ3n) is 2.17. The largest absolute Gasteiger partial charge is 0.670 e. The number of hydrogen-bond acceptors (Lipinski definition) is 4. The fraction of sp³-hybridized carbons (Fsp3) is 1.00. The van der Waals surface area contributed by atoms with Crippen molar-refractivity contribution < 1.29 is 64.1 Å². The van der Waals surface area contributed by atoms with Gasteiger partial charge in [0, 0.05) is 50.2 Å². The van der Waals surface area contributed by atoms with Crippen LogP contribution in [0.2, 0.25) is 0 Å². The third kappa shape index (κ3) is 3.10. The van der Waals surface area contributed by atoms with Crippen LogP contribution in [0.25, 0.3) is 5.73 Å². The van der Waals surface area contributed by atoms with E-state index in [-0.39, 0.29) is 50.7 Å². The van der Waals surface area contributed by atoms with Gasteiger partial charge in [-0.1, -0.05) is 6.04 Å². The molecule has 13 heavy (non-hydrogen) atoms. The summed E-state index contributed by atoms with van der Waals surface area (Å²) >= 11 is 0. The summed E-state index contributed by atoms with van der Waals surface area (Å²) in [5.41, 5.74) is 7.36. The maximum Gasteiger partial charge on any atom is 0.109 e. The van der Waals surface area contributed by atoms with Crippen molar-refractivity contribution in [1.29, 1.82) is 0 Å². The summed E-state index contributed by atoms with van der Waals surface area (Å²) < 4.78 is 5.08. The topological polar surface area (TPSA) is 93.7 Å². The summed E-state index contributed by atoms with van der Waals surface area (Å²) in [4.78, 5) is 0. The number of aliphatic hydroxyl groups is 3. The standard InChI is InChI=1S/C7H14NO4.Ac/c1-3-5(8)7(11)6(10)4(2-9)12-3;/h3-11H,2H2,1H3;/q-1;/t3-,4?,5?,6-,7?;/m0./s1. The van der Waals surface area contributed by atoms with Gasteiger partial charge in [0.1, 0.15) is 12.2 Å². The van der Waals surface area contributed by atoms with Gasteiger partial charge in [-0.2, -0.15) is 0 Å². The predicted octanol–water partition coefficient (Wildman–Crippen LogP) is -1.09. The van der Waals surface area contributed by atoms with Crippen LogP contribution in [0, 0.1) is 44.1 Å². The van der Waals surface area contributed by atoms with Gasteiger partial charge in [-0.25, -0.2) is 0 Å². The molecule has 6 heteroatoms. The maximum atomic E-state index is 9.29. The first kappa shape index (κ1) is 14.2. The molecule has 0 spiro atoms. The van der Waals surface area contributed by atoms with E-state index in [1.54, 1.807) is 6.92 Å². The Morgan fingerprint density at radius 3 is 2.31 bits per heavy atom. The van der Waals surface area contributed by atoms with Crippen LogP contribution in [0.3, 0.4) is 0 Å². The summed E-state index contributed by atoms with van der Waals surface area (Å²) in [5, 5.41) is 27.3. The van der Waals surface area contributed by atoms with E-state index in [2.05, 4.69) is 0 Å². The first-order valence-electron chi connectivity index (χ1n) is 3.91. The molecule has 1 heterocycles. The van der Waals surface area contributed by atoms with Gasteiger partial charge in [0.05, 0.1) is 12.7 Å². The quantitative estimate of drug-likeness (QED) is 0.519. The van der Waals surface area contributed by atoms with E-state index in [0.29, 0.717) is 0 Å². The summed E-state index contributed by atoms with van der Waals surface area (Å²) in [6.07, 6.45) is -3.52. The van der Waals surface area contributed by atoms with E-state index in [9.17, 15) is 10.2 Å². The van der Waals surface area contributed by atoms with Crippen molar-refractivity contribution in [1.82, 2.24) is 0 Å². The second-order valence-corrected chi connectivity index (χ2v) is 3.07. The van der Waals surface area contributed by atoms with Gasteiger partial charge in [-0.3, -0.25) is 0 Å². The zero-order valence-electron chi connectivity index (χ0n) is 7.42. The minimum absolute atomic E-state index is 0. The Morgan fingerprint density at radius 1 is 1.31 bits per heavy atom. The Balaban J connectivity index is 0.00000144. The average Bonchev–Trinajstić information content (AvgIpc) is 2.08. The molecular formula is C7H14AcNO4-. The van der Waals surface area contributed by atoms with Crippen molar-refractivity contribution in [3.63, 3.8) is 0 Å². The van der Waals surface area contributed by atoms with Crippen molar-refractivity contribution >= 4 is 0 Å². The second kappa shape index (κ2) is 5.96. The molecule has 3 unspecified atom stereocenters. The van der Waals surface area contributed by atoms with Crippen LogP contribution in [0.4, 0.5) is 0 Å². The first-order chi connectivity index (χ1) is 5.57. The molecule has 0 bridgehead atoms. The van der Waals surface area contributed by atoms with Gasteiger partial charge in [-0.05, 0) is 6.92 Å². The molecule has 0 aliphatic carbocycles. The molecule has 1 aliphatic heterocycles. The summed E-state index contributed by atoms with van der Waals surface area (Å²) in [5.74, 6) is 0. The zero-order valence-corrected chi connectivity index (χ0v) is 12.2. The van der Waals surface area contributed by atoms with E-state index in [0.717, 1.165) is 0 Å². The number of nitrogens with one attached hydrogen (secondary N) is 1. The van der Waals surface area contributed by atoms with E-state index in [1.165, 1.54) is 0 Å². The van der Waals surface area contributed by atoms with Gasteiger partial charge in [-0.15, -0.1) is 0 Å². The normalized spacial score (nSPS) is 45.5. The number of aliphatic hydroxyl groups excluding tert-OH is 3. The van der Waals surface area contributed by atoms with Crippen LogP contribution in [-0.2, 0) is 4.74 Å². The Morgan fingerprint density at radius 2 is 1.85 bits per heavy atom. The van der Waals surface area contributed by atoms with Crippen LogP contribution in [0.5, 0.6) is 0 Å². The van der Waals surface area contributed by atoms with Crippen LogP contribution < -0.4 is 0 Å². The number of rotatable bonds is 1. The molecule has 5 atom stereocenters. The molecule has 1 radical (unpaired) electrons. The van der Waals surface area contributed by atoms with E-state index >= 15 is 0 Å². The molecule has 0 saturated carbocycles. The summed E-state index contributed by atoms with van der Waals surface area (Å²) in [7, 11) is 0. The molecule has 1 saturated heterocycles. The average molecular weight is 403 g/mol. The van der Waals surface area contributed by atoms with Gasteiger partial charge in [0.2, 0.25) is 0 Å². The molecule has 0 aromatic carbocycles. The van der Waals surface area contributed by atoms with Gasteiger partial charge < -0.3 is 25.8 Å². The van der Waals surface area contributed by atoms with Crippen molar-refractivity contribution in [2.24, 2.45) is 0 Å². The molecule has 0 amide bonds. The maximum absolute atomic E-state index is 9.29. The molecule has 1 fully saturated rings. The second-order valence-electron chi connectivity index (χ2n) is 3.07. The van der Waals surface area contributed by atoms with E-state index in [4.69, 9.17) is 15.6 Å². The monoisotopic (exact) mass is 403 g/mol. The molecule has 0 aromatic rings. The third-order valence-corrected chi connectivity index (χ3v) is 2.17. The van der Waals surface area contributed by atoms with Crippen LogP contribution in [0.1, 0.15) is 6.92 Å². The van der Waals surface area contributed by atoms with E-state index < -0.39 is 30.5 Å². The molecule has 1 aliphatic rings. The van der Waals surface area contributed by atoms with E-state index in [1.807, 2.05) is 0 Å². The smallest absolute Gasteiger partial charge is 0.109 e. The van der Waals surface area contributed by atoms with Crippen LogP contribution in [-0.4, -0.2) is 52.4 Å². The van der Waals surface area contributed by atoms with Gasteiger partial charge in [0.25, 0.3) is 0 Å². The van der Waals surface area contributed by atoms with Crippen LogP contribution in [0.15, 0.2) is 0 Å². The fourth-order valence-corrected chi connectivity index (χ4v) is 1.30. The number of hydrogen-bond donors (Lipinski definition) is 3. The molecule has 1 rings (SSSR count). The molecule has 5 nitrogen and oxygen atoms in total. The van der Waals surface area contributed by atoms with Crippen LogP contribution >= 0.6 is 0 Å². The summed E-state index contributed by atoms with van der Waals surface area (Å²) in [6.45, 7) is 1.30. The SMILES string of the molecule is C[C@@H]1OC(CO)[C@H](O)C(O)C1[NH-].[Ac]. The Labute approximate surface area is 113 Å². The molecule has 4 N–H and O–H groups in total. The minimum atomic E-state index is -1.16. The predicted molar refractivity (Wildman–Crippen MR) is 41.5 cm³/mol. The van der Waals surface area contributed by atoms with Crippen molar-refractivity contribution in [2.75, 3.05) is 6.61 Å². The molecular weight excluding hydrogens is 389 g/mol. The Kier molecular flexibility index (Phi) is 6.53. The minimum Gasteiger partial charge on any atom is -0.670 e. The Hall–Kier alpha value is 1.24. The van der Waals surface area contributed by atoms with Gasteiger partial charge >= 0.3 is 0 Å². The van der Waals surface area contributed by atoms with Gasteiger partial charge in [0.15, 0.2) is 0 Å².